The van der Waals surface area contributed by atoms with Crippen molar-refractivity contribution in [3.05, 3.63) is 0 Å². The van der Waals surface area contributed by atoms with E-state index >= 15 is 0 Å². The van der Waals surface area contributed by atoms with E-state index in [-0.39, 0.29) is 1.43 Å². The van der Waals surface area contributed by atoms with Crippen LogP contribution in [-0.2, 0) is 0 Å². The third-order valence-electron chi connectivity index (χ3n) is 2.02. The van der Waals surface area contributed by atoms with Gasteiger partial charge in [-0.3, -0.25) is 0 Å². The fourth-order valence-electron chi connectivity index (χ4n) is 1.22. The highest BCUT2D eigenvalue weighted by atomic mass is 27.1. The molecule has 0 spiro atoms. The van der Waals surface area contributed by atoms with Crippen molar-refractivity contribution in [2.24, 2.45) is 0 Å². The van der Waals surface area contributed by atoms with Crippen LogP contribution in [0.15, 0.2) is 0 Å². The van der Waals surface area contributed by atoms with Gasteiger partial charge in [-0.1, -0.05) is 52.4 Å². The van der Waals surface area contributed by atoms with Crippen LogP contribution in [0.3, 0.4) is 0 Å². The van der Waals surface area contributed by atoms with Crippen LogP contribution in [0.25, 0.3) is 0 Å². The summed E-state index contributed by atoms with van der Waals surface area (Å²) in [6.45, 7) is 4.57. The molecule has 11 heavy (non-hydrogen) atoms. The van der Waals surface area contributed by atoms with Crippen molar-refractivity contribution in [2.75, 3.05) is 0 Å². The molecule has 1 radical (unpaired) electrons. The Bertz CT molecular complexity index is 58.9. The zero-order valence-corrected chi connectivity index (χ0v) is 9.39. The third kappa shape index (κ3) is 10.5. The molecule has 0 aromatic rings. The summed E-state index contributed by atoms with van der Waals surface area (Å²) in [7, 11) is 0. The Morgan fingerprint density at radius 2 is 1.27 bits per heavy atom. The molecule has 0 unspecified atom stereocenters. The SMILES string of the molecule is CCCC[CH2][Al][CH2]CCCC.[HH]. The Labute approximate surface area is 80.0 Å². The molecule has 0 bridgehead atoms. The van der Waals surface area contributed by atoms with Gasteiger partial charge in [0.25, 0.3) is 0 Å². The van der Waals surface area contributed by atoms with E-state index in [4.69, 9.17) is 0 Å². The lowest BCUT2D eigenvalue weighted by Crippen LogP contribution is -1.88. The van der Waals surface area contributed by atoms with Crippen molar-refractivity contribution < 1.29 is 1.43 Å². The molecule has 0 aliphatic heterocycles. The largest absolute Gasteiger partial charge is 0.199 e. The highest BCUT2D eigenvalue weighted by Crippen LogP contribution is 2.04. The van der Waals surface area contributed by atoms with Crippen molar-refractivity contribution in [3.63, 3.8) is 0 Å². The van der Waals surface area contributed by atoms with Gasteiger partial charge < -0.3 is 0 Å². The summed E-state index contributed by atoms with van der Waals surface area (Å²) in [6.07, 6.45) is 8.68. The third-order valence-corrected chi connectivity index (χ3v) is 3.66. The average molecular weight is 171 g/mol. The minimum atomic E-state index is 0. The van der Waals surface area contributed by atoms with Gasteiger partial charge in [0.15, 0.2) is 15.2 Å². The van der Waals surface area contributed by atoms with Gasteiger partial charge >= 0.3 is 0 Å². The van der Waals surface area contributed by atoms with Gasteiger partial charge in [0.2, 0.25) is 0 Å². The first-order chi connectivity index (χ1) is 5.41. The minimum Gasteiger partial charge on any atom is -0.104 e. The lowest BCUT2D eigenvalue weighted by atomic mass is 10.3. The number of hydrogen-bond acceptors (Lipinski definition) is 0. The maximum atomic E-state index is 2.28. The molecule has 0 saturated carbocycles. The van der Waals surface area contributed by atoms with Gasteiger partial charge in [-0.25, -0.2) is 0 Å². The van der Waals surface area contributed by atoms with Crippen LogP contribution >= 0.6 is 0 Å². The van der Waals surface area contributed by atoms with Gasteiger partial charge in [-0.15, -0.1) is 10.6 Å². The van der Waals surface area contributed by atoms with Crippen molar-refractivity contribution in [2.45, 2.75) is 62.9 Å². The molecule has 0 fully saturated rings. The maximum absolute atomic E-state index is 2.28. The van der Waals surface area contributed by atoms with E-state index in [0.29, 0.717) is 0 Å². The van der Waals surface area contributed by atoms with E-state index in [1.165, 1.54) is 38.5 Å². The average Bonchev–Trinajstić information content (AvgIpc) is 2.03. The molecule has 0 aromatic heterocycles. The van der Waals surface area contributed by atoms with Crippen LogP contribution in [0, 0.1) is 0 Å². The smallest absolute Gasteiger partial charge is 0.104 e. The molecule has 0 aromatic carbocycles. The topological polar surface area (TPSA) is 0 Å². The Hall–Kier alpha value is 0.532. The predicted molar refractivity (Wildman–Crippen MR) is 56.5 cm³/mol. The first kappa shape index (κ1) is 11.5. The van der Waals surface area contributed by atoms with E-state index in [0.717, 1.165) is 15.2 Å². The molecule has 67 valence electrons. The Morgan fingerprint density at radius 1 is 0.818 bits per heavy atom. The second kappa shape index (κ2) is 10.5. The predicted octanol–water partition coefficient (Wildman–Crippen LogP) is 4.15. The Morgan fingerprint density at radius 3 is 1.64 bits per heavy atom. The molecule has 0 rings (SSSR count). The van der Waals surface area contributed by atoms with Crippen molar-refractivity contribution >= 4 is 15.2 Å². The van der Waals surface area contributed by atoms with Gasteiger partial charge in [0.05, 0.1) is 0 Å². The van der Waals surface area contributed by atoms with Gasteiger partial charge in [-0.05, 0) is 0 Å². The monoisotopic (exact) mass is 171 g/mol. The summed E-state index contributed by atoms with van der Waals surface area (Å²) in [5.74, 6) is 0. The molecular formula is C10H24Al. The quantitative estimate of drug-likeness (QED) is 0.380. The van der Waals surface area contributed by atoms with Crippen LogP contribution in [0.4, 0.5) is 0 Å². The van der Waals surface area contributed by atoms with E-state index < -0.39 is 0 Å². The van der Waals surface area contributed by atoms with Crippen molar-refractivity contribution in [1.82, 2.24) is 0 Å². The summed E-state index contributed by atoms with van der Waals surface area (Å²) in [4.78, 5) is 0. The van der Waals surface area contributed by atoms with Crippen LogP contribution in [0.1, 0.15) is 53.8 Å². The highest BCUT2D eigenvalue weighted by Gasteiger charge is 1.91. The molecule has 0 saturated heterocycles. The number of hydrogen-bond donors (Lipinski definition) is 0. The number of rotatable bonds is 8. The Kier molecular flexibility index (Phi) is 11.0. The second-order valence-corrected chi connectivity index (χ2v) is 5.01. The standard InChI is InChI=1S/2C5H11.Al.H2/c2*1-3-5-4-2;;/h2*1,3-5H2,2H3;;1H. The second-order valence-electron chi connectivity index (χ2n) is 3.28. The van der Waals surface area contributed by atoms with E-state index in [2.05, 4.69) is 13.8 Å². The molecule has 0 amide bonds. The molecule has 0 aliphatic rings. The first-order valence-electron chi connectivity index (χ1n) is 5.23. The summed E-state index contributed by atoms with van der Waals surface area (Å²) in [5.41, 5.74) is 0. The zero-order chi connectivity index (χ0) is 8.36. The zero-order valence-electron chi connectivity index (χ0n) is 8.23. The lowest BCUT2D eigenvalue weighted by Gasteiger charge is -1.97. The van der Waals surface area contributed by atoms with Crippen LogP contribution in [0.5, 0.6) is 0 Å². The van der Waals surface area contributed by atoms with Crippen molar-refractivity contribution in [3.8, 4) is 0 Å². The molecule has 0 atom stereocenters. The summed E-state index contributed by atoms with van der Waals surface area (Å²) >= 11 is 0.811. The van der Waals surface area contributed by atoms with Gasteiger partial charge in [-0.2, -0.15) is 0 Å². The fraction of sp³-hybridized carbons (Fsp3) is 1.00. The molecule has 0 nitrogen and oxygen atoms in total. The Balaban J connectivity index is 0. The van der Waals surface area contributed by atoms with Crippen LogP contribution in [0.2, 0.25) is 10.6 Å². The normalized spacial score (nSPS) is 10.0. The number of unbranched alkanes of at least 4 members (excludes halogenated alkanes) is 4. The van der Waals surface area contributed by atoms with Gasteiger partial charge in [0.1, 0.15) is 0 Å². The van der Waals surface area contributed by atoms with Crippen LogP contribution in [-0.4, -0.2) is 15.2 Å². The molecule has 1 heteroatoms. The summed E-state index contributed by atoms with van der Waals surface area (Å²) < 4.78 is 0. The maximum Gasteiger partial charge on any atom is 0.199 e. The summed E-state index contributed by atoms with van der Waals surface area (Å²) in [6, 6.07) is 0. The van der Waals surface area contributed by atoms with Gasteiger partial charge in [0, 0.05) is 1.43 Å². The minimum absolute atomic E-state index is 0. The molecular weight excluding hydrogens is 147 g/mol. The van der Waals surface area contributed by atoms with Crippen molar-refractivity contribution in [1.29, 1.82) is 0 Å². The van der Waals surface area contributed by atoms with Crippen LogP contribution < -0.4 is 0 Å². The van der Waals surface area contributed by atoms with E-state index in [1.54, 1.807) is 10.6 Å². The summed E-state index contributed by atoms with van der Waals surface area (Å²) in [5, 5.41) is 3.11. The lowest BCUT2D eigenvalue weighted by molar-refractivity contribution is 0.752. The van der Waals surface area contributed by atoms with E-state index in [9.17, 15) is 0 Å². The molecule has 0 aliphatic carbocycles. The molecule has 0 N–H and O–H groups in total. The molecule has 0 heterocycles. The highest BCUT2D eigenvalue weighted by molar-refractivity contribution is 6.35. The van der Waals surface area contributed by atoms with E-state index in [1.807, 2.05) is 0 Å². The first-order valence-corrected chi connectivity index (χ1v) is 6.86. The fourth-order valence-corrected chi connectivity index (χ4v) is 2.67.